The summed E-state index contributed by atoms with van der Waals surface area (Å²) in [5, 5.41) is 49.6. The van der Waals surface area contributed by atoms with Crippen molar-refractivity contribution in [2.45, 2.75) is 185 Å². The lowest BCUT2D eigenvalue weighted by Gasteiger charge is -2.41. The van der Waals surface area contributed by atoms with Crippen molar-refractivity contribution in [3.8, 4) is 0 Å². The molecule has 14 heteroatoms. The van der Waals surface area contributed by atoms with Crippen molar-refractivity contribution >= 4 is 19.8 Å². The second-order valence-corrected chi connectivity index (χ2v) is 14.5. The van der Waals surface area contributed by atoms with Crippen LogP contribution in [0.2, 0.25) is 0 Å². The molecule has 1 fully saturated rings. The number of ether oxygens (including phenoxy) is 2. The van der Waals surface area contributed by atoms with Crippen LogP contribution in [0.5, 0.6) is 0 Å². The van der Waals surface area contributed by atoms with Crippen LogP contribution in [-0.2, 0) is 32.7 Å². The van der Waals surface area contributed by atoms with Crippen molar-refractivity contribution in [2.24, 2.45) is 0 Å². The summed E-state index contributed by atoms with van der Waals surface area (Å²) in [5.41, 5.74) is 0. The lowest BCUT2D eigenvalue weighted by Crippen LogP contribution is -2.64. The van der Waals surface area contributed by atoms with Crippen LogP contribution in [0.3, 0.4) is 0 Å². The van der Waals surface area contributed by atoms with E-state index in [1.165, 1.54) is 57.8 Å². The molecule has 6 atom stereocenters. The first-order valence-electron chi connectivity index (χ1n) is 18.5. The largest absolute Gasteiger partial charge is 0.472 e. The van der Waals surface area contributed by atoms with E-state index in [1.54, 1.807) is 0 Å². The van der Waals surface area contributed by atoms with Crippen molar-refractivity contribution in [1.82, 2.24) is 0 Å². The fraction of sp³-hybridized carbons (Fsp3) is 0.886. The minimum absolute atomic E-state index is 0.0934. The lowest BCUT2D eigenvalue weighted by molar-refractivity contribution is -0.220. The highest BCUT2D eigenvalue weighted by Crippen LogP contribution is 2.47. The van der Waals surface area contributed by atoms with E-state index in [-0.39, 0.29) is 12.8 Å². The maximum atomic E-state index is 12.6. The standard InChI is InChI=1S/C35H65O13P/c1-3-5-7-8-9-10-11-12-13-14-15-16-17-18-19-20-22-24-29(37)47-27(25-45-28(36)23-21-6-4-2)26-46-49(43,44)48-35-33(41)31(39)30(38)32(40)34(35)42/h12-13,27,30-35,38-42H,3-11,14-26H2,1-2H3,(H,43,44)/b13-12-. The Hall–Kier alpha value is -1.41. The molecule has 0 aromatic carbocycles. The number of carbonyl (C=O) groups excluding carboxylic acids is 2. The van der Waals surface area contributed by atoms with E-state index < -0.39 is 75.7 Å². The molecule has 6 N–H and O–H groups in total. The van der Waals surface area contributed by atoms with E-state index >= 15 is 0 Å². The van der Waals surface area contributed by atoms with E-state index in [0.717, 1.165) is 44.9 Å². The molecule has 49 heavy (non-hydrogen) atoms. The highest BCUT2D eigenvalue weighted by atomic mass is 31.2. The predicted octanol–water partition coefficient (Wildman–Crippen LogP) is 5.16. The van der Waals surface area contributed by atoms with Gasteiger partial charge in [-0.15, -0.1) is 0 Å². The Balaban J connectivity index is 2.42. The highest BCUT2D eigenvalue weighted by Gasteiger charge is 2.51. The molecular formula is C35H65O13P. The maximum Gasteiger partial charge on any atom is 0.472 e. The van der Waals surface area contributed by atoms with Crippen LogP contribution in [0.25, 0.3) is 0 Å². The fourth-order valence-corrected chi connectivity index (χ4v) is 6.49. The Kier molecular flexibility index (Phi) is 25.4. The van der Waals surface area contributed by atoms with Gasteiger partial charge in [-0.05, 0) is 38.5 Å². The van der Waals surface area contributed by atoms with Gasteiger partial charge in [0.25, 0.3) is 0 Å². The molecule has 0 bridgehead atoms. The van der Waals surface area contributed by atoms with Crippen molar-refractivity contribution in [2.75, 3.05) is 13.2 Å². The van der Waals surface area contributed by atoms with Gasteiger partial charge in [-0.1, -0.05) is 103 Å². The van der Waals surface area contributed by atoms with Crippen molar-refractivity contribution < 1.29 is 63.1 Å². The van der Waals surface area contributed by atoms with Crippen molar-refractivity contribution in [1.29, 1.82) is 0 Å². The predicted molar refractivity (Wildman–Crippen MR) is 184 cm³/mol. The third kappa shape index (κ3) is 20.9. The number of aliphatic hydroxyl groups excluding tert-OH is 5. The minimum Gasteiger partial charge on any atom is -0.462 e. The molecule has 0 radical (unpaired) electrons. The van der Waals surface area contributed by atoms with Crippen molar-refractivity contribution in [3.63, 3.8) is 0 Å². The van der Waals surface area contributed by atoms with E-state index in [9.17, 15) is 44.6 Å². The molecule has 1 rings (SSSR count). The Morgan fingerprint density at radius 2 is 1.04 bits per heavy atom. The molecule has 0 saturated heterocycles. The molecule has 1 aliphatic carbocycles. The number of carbonyl (C=O) groups is 2. The summed E-state index contributed by atoms with van der Waals surface area (Å²) >= 11 is 0. The number of aliphatic hydroxyl groups is 5. The summed E-state index contributed by atoms with van der Waals surface area (Å²) in [4.78, 5) is 34.9. The average Bonchev–Trinajstić information content (AvgIpc) is 3.07. The molecule has 288 valence electrons. The number of esters is 2. The number of allylic oxidation sites excluding steroid dienone is 2. The minimum atomic E-state index is -5.09. The van der Waals surface area contributed by atoms with E-state index in [4.69, 9.17) is 18.5 Å². The number of hydrogen-bond acceptors (Lipinski definition) is 12. The SMILES string of the molecule is CCCCCCCC/C=C\CCCCCCCCCC(=O)OC(COC(=O)CCCCC)COP(=O)(O)OC1C(O)C(O)C(O)C(O)C1O. The summed E-state index contributed by atoms with van der Waals surface area (Å²) < 4.78 is 32.9. The number of phosphoric ester groups is 1. The van der Waals surface area contributed by atoms with Gasteiger partial charge in [0.15, 0.2) is 6.10 Å². The van der Waals surface area contributed by atoms with E-state index in [2.05, 4.69) is 19.1 Å². The third-order valence-electron chi connectivity index (χ3n) is 8.61. The third-order valence-corrected chi connectivity index (χ3v) is 9.59. The summed E-state index contributed by atoms with van der Waals surface area (Å²) in [5.74, 6) is -1.13. The van der Waals surface area contributed by atoms with Crippen LogP contribution in [0.4, 0.5) is 0 Å². The Morgan fingerprint density at radius 3 is 1.59 bits per heavy atom. The molecule has 13 nitrogen and oxygen atoms in total. The molecular weight excluding hydrogens is 659 g/mol. The van der Waals surface area contributed by atoms with Gasteiger partial charge in [-0.3, -0.25) is 18.6 Å². The Morgan fingerprint density at radius 1 is 0.612 bits per heavy atom. The van der Waals surface area contributed by atoms with Crippen LogP contribution in [0, 0.1) is 0 Å². The van der Waals surface area contributed by atoms with E-state index in [1.807, 2.05) is 6.92 Å². The molecule has 0 aromatic heterocycles. The normalized spacial score (nSPS) is 24.5. The summed E-state index contributed by atoms with van der Waals surface area (Å²) in [6, 6.07) is 0. The van der Waals surface area contributed by atoms with Crippen LogP contribution < -0.4 is 0 Å². The Labute approximate surface area is 293 Å². The molecule has 0 heterocycles. The average molecular weight is 725 g/mol. The molecule has 0 aromatic rings. The molecule has 1 saturated carbocycles. The number of rotatable bonds is 29. The van der Waals surface area contributed by atoms with Gasteiger partial charge in [-0.25, -0.2) is 4.57 Å². The summed E-state index contributed by atoms with van der Waals surface area (Å²) in [6.45, 7) is 3.05. The van der Waals surface area contributed by atoms with Crippen LogP contribution >= 0.6 is 7.82 Å². The molecule has 6 unspecified atom stereocenters. The first kappa shape index (κ1) is 45.6. The quantitative estimate of drug-likeness (QED) is 0.0255. The first-order valence-corrected chi connectivity index (χ1v) is 20.0. The maximum absolute atomic E-state index is 12.6. The van der Waals surface area contributed by atoms with Gasteiger partial charge in [0.2, 0.25) is 0 Å². The first-order chi connectivity index (χ1) is 23.4. The van der Waals surface area contributed by atoms with Gasteiger partial charge in [-0.2, -0.15) is 0 Å². The smallest absolute Gasteiger partial charge is 0.462 e. The fourth-order valence-electron chi connectivity index (χ4n) is 5.52. The Bertz CT molecular complexity index is 932. The highest BCUT2D eigenvalue weighted by molar-refractivity contribution is 7.47. The van der Waals surface area contributed by atoms with E-state index in [0.29, 0.717) is 12.8 Å². The zero-order valence-electron chi connectivity index (χ0n) is 29.7. The zero-order chi connectivity index (χ0) is 36.5. The molecule has 0 spiro atoms. The van der Waals surface area contributed by atoms with Gasteiger partial charge >= 0.3 is 19.8 Å². The second kappa shape index (κ2) is 27.3. The molecule has 1 aliphatic rings. The van der Waals surface area contributed by atoms with Gasteiger partial charge < -0.3 is 39.9 Å². The van der Waals surface area contributed by atoms with Gasteiger partial charge in [0.1, 0.15) is 43.2 Å². The topological polar surface area (TPSA) is 210 Å². The number of phosphoric acid groups is 1. The van der Waals surface area contributed by atoms with Crippen LogP contribution in [0.15, 0.2) is 12.2 Å². The zero-order valence-corrected chi connectivity index (χ0v) is 30.6. The summed E-state index contributed by atoms with van der Waals surface area (Å²) in [6.07, 6.45) is 11.2. The second-order valence-electron chi connectivity index (χ2n) is 13.1. The van der Waals surface area contributed by atoms with Crippen molar-refractivity contribution in [3.05, 3.63) is 12.2 Å². The molecule has 0 amide bonds. The summed E-state index contributed by atoms with van der Waals surface area (Å²) in [7, 11) is -5.09. The van der Waals surface area contributed by atoms with Crippen LogP contribution in [-0.4, -0.2) is 98.3 Å². The lowest BCUT2D eigenvalue weighted by atomic mass is 9.85. The van der Waals surface area contributed by atoms with Gasteiger partial charge in [0.05, 0.1) is 6.61 Å². The monoisotopic (exact) mass is 724 g/mol. The molecule has 0 aliphatic heterocycles. The number of hydrogen-bond donors (Lipinski definition) is 6. The van der Waals surface area contributed by atoms with Gasteiger partial charge in [0, 0.05) is 12.8 Å². The number of unbranched alkanes of at least 4 members (excludes halogenated alkanes) is 15. The van der Waals surface area contributed by atoms with Crippen LogP contribution in [0.1, 0.15) is 142 Å².